The van der Waals surface area contributed by atoms with E-state index in [1.54, 1.807) is 0 Å². The highest BCUT2D eigenvalue weighted by atomic mass is 35.5. The summed E-state index contributed by atoms with van der Waals surface area (Å²) in [6, 6.07) is 9.00. The van der Waals surface area contributed by atoms with Crippen LogP contribution < -0.4 is 5.73 Å². The maximum Gasteiger partial charge on any atom is 0.0406 e. The van der Waals surface area contributed by atoms with Crippen LogP contribution in [0, 0.1) is 17.3 Å². The molecule has 4 aliphatic carbocycles. The van der Waals surface area contributed by atoms with E-state index in [2.05, 4.69) is 31.2 Å². The second-order valence-electron chi connectivity index (χ2n) is 7.90. The molecule has 0 unspecified atom stereocenters. The summed E-state index contributed by atoms with van der Waals surface area (Å²) < 4.78 is 0. The van der Waals surface area contributed by atoms with Crippen molar-refractivity contribution >= 4 is 11.6 Å². The smallest absolute Gasteiger partial charge is 0.0406 e. The predicted octanol–water partition coefficient (Wildman–Crippen LogP) is 4.53. The Kier molecular flexibility index (Phi) is 2.79. The summed E-state index contributed by atoms with van der Waals surface area (Å²) in [5.41, 5.74) is 8.74. The van der Waals surface area contributed by atoms with Gasteiger partial charge in [0.05, 0.1) is 0 Å². The number of rotatable bonds is 2. The van der Waals surface area contributed by atoms with E-state index in [-0.39, 0.29) is 0 Å². The lowest BCUT2D eigenvalue weighted by molar-refractivity contribution is -0.0821. The van der Waals surface area contributed by atoms with Gasteiger partial charge in [-0.05, 0) is 85.8 Å². The van der Waals surface area contributed by atoms with Gasteiger partial charge in [0.15, 0.2) is 0 Å². The Labute approximate surface area is 126 Å². The van der Waals surface area contributed by atoms with Crippen LogP contribution in [0.2, 0.25) is 5.02 Å². The van der Waals surface area contributed by atoms with Gasteiger partial charge in [0.1, 0.15) is 0 Å². The second-order valence-corrected chi connectivity index (χ2v) is 8.34. The van der Waals surface area contributed by atoms with E-state index in [1.807, 2.05) is 0 Å². The average molecular weight is 290 g/mol. The van der Waals surface area contributed by atoms with Crippen molar-refractivity contribution in [2.75, 3.05) is 0 Å². The summed E-state index contributed by atoms with van der Waals surface area (Å²) in [6.07, 6.45) is 8.24. The summed E-state index contributed by atoms with van der Waals surface area (Å²) in [5.74, 6) is 1.80. The highest BCUT2D eigenvalue weighted by Crippen LogP contribution is 2.66. The number of halogens is 1. The molecule has 4 bridgehead atoms. The van der Waals surface area contributed by atoms with Gasteiger partial charge in [-0.2, -0.15) is 0 Å². The van der Waals surface area contributed by atoms with Crippen molar-refractivity contribution in [3.05, 3.63) is 34.9 Å². The lowest BCUT2D eigenvalue weighted by Crippen LogP contribution is -2.59. The van der Waals surface area contributed by atoms with E-state index in [1.165, 1.54) is 44.1 Å². The summed E-state index contributed by atoms with van der Waals surface area (Å²) in [4.78, 5) is 0. The maximum absolute atomic E-state index is 6.43. The highest BCUT2D eigenvalue weighted by molar-refractivity contribution is 6.30. The molecule has 0 aliphatic heterocycles. The fourth-order valence-electron chi connectivity index (χ4n) is 6.01. The summed E-state index contributed by atoms with van der Waals surface area (Å²) >= 11 is 6.08. The standard InChI is InChI=1S/C18H24ClN/c1-12(20)17-7-13-6-14(8-17)10-18(9-13,11-17)15-2-4-16(19)5-3-15/h2-5,12-14H,6-11,20H2,1H3/t12-,13-,14-,17?,18?/m1/s1. The van der Waals surface area contributed by atoms with Gasteiger partial charge in [0.2, 0.25) is 0 Å². The van der Waals surface area contributed by atoms with Crippen molar-refractivity contribution in [1.82, 2.24) is 0 Å². The molecule has 4 saturated carbocycles. The molecule has 0 spiro atoms. The molecule has 4 fully saturated rings. The van der Waals surface area contributed by atoms with Gasteiger partial charge in [0.25, 0.3) is 0 Å². The van der Waals surface area contributed by atoms with Crippen molar-refractivity contribution in [2.24, 2.45) is 23.0 Å². The van der Waals surface area contributed by atoms with Crippen LogP contribution in [-0.2, 0) is 5.41 Å². The van der Waals surface area contributed by atoms with Crippen molar-refractivity contribution in [3.63, 3.8) is 0 Å². The molecule has 0 heterocycles. The fraction of sp³-hybridized carbons (Fsp3) is 0.667. The minimum absolute atomic E-state index is 0.333. The van der Waals surface area contributed by atoms with E-state index in [0.717, 1.165) is 16.9 Å². The molecule has 4 aliphatic rings. The molecule has 2 N–H and O–H groups in total. The van der Waals surface area contributed by atoms with Crippen LogP contribution in [-0.4, -0.2) is 6.04 Å². The van der Waals surface area contributed by atoms with Crippen molar-refractivity contribution in [3.8, 4) is 0 Å². The minimum atomic E-state index is 0.333. The van der Waals surface area contributed by atoms with Crippen LogP contribution in [0.3, 0.4) is 0 Å². The van der Waals surface area contributed by atoms with Crippen molar-refractivity contribution < 1.29 is 0 Å². The molecule has 3 atom stereocenters. The Hall–Kier alpha value is -0.530. The Morgan fingerprint density at radius 3 is 2.25 bits per heavy atom. The zero-order valence-electron chi connectivity index (χ0n) is 12.2. The first-order valence-corrected chi connectivity index (χ1v) is 8.41. The monoisotopic (exact) mass is 289 g/mol. The number of nitrogens with two attached hydrogens (primary N) is 1. The molecular formula is C18H24ClN. The van der Waals surface area contributed by atoms with Gasteiger partial charge >= 0.3 is 0 Å². The fourth-order valence-corrected chi connectivity index (χ4v) is 6.13. The number of benzene rings is 1. The first-order chi connectivity index (χ1) is 9.51. The first kappa shape index (κ1) is 13.2. The van der Waals surface area contributed by atoms with Crippen molar-refractivity contribution in [1.29, 1.82) is 0 Å². The predicted molar refractivity (Wildman–Crippen MR) is 83.9 cm³/mol. The average Bonchev–Trinajstić information content (AvgIpc) is 2.37. The molecule has 1 aromatic rings. The quantitative estimate of drug-likeness (QED) is 0.851. The zero-order valence-corrected chi connectivity index (χ0v) is 13.0. The summed E-state index contributed by atoms with van der Waals surface area (Å²) in [5, 5.41) is 0.848. The van der Waals surface area contributed by atoms with Crippen LogP contribution in [0.25, 0.3) is 0 Å². The van der Waals surface area contributed by atoms with E-state index in [4.69, 9.17) is 17.3 Å². The highest BCUT2D eigenvalue weighted by Gasteiger charge is 2.59. The topological polar surface area (TPSA) is 26.0 Å². The maximum atomic E-state index is 6.43. The lowest BCUT2D eigenvalue weighted by Gasteiger charge is -2.63. The van der Waals surface area contributed by atoms with E-state index in [9.17, 15) is 0 Å². The van der Waals surface area contributed by atoms with Gasteiger partial charge in [-0.3, -0.25) is 0 Å². The Morgan fingerprint density at radius 1 is 1.10 bits per heavy atom. The molecule has 20 heavy (non-hydrogen) atoms. The van der Waals surface area contributed by atoms with Gasteiger partial charge in [0, 0.05) is 11.1 Å². The van der Waals surface area contributed by atoms with Crippen LogP contribution in [0.4, 0.5) is 0 Å². The number of hydrogen-bond acceptors (Lipinski definition) is 1. The van der Waals surface area contributed by atoms with Gasteiger partial charge in [-0.15, -0.1) is 0 Å². The molecule has 2 heteroatoms. The Balaban J connectivity index is 1.77. The molecule has 0 amide bonds. The van der Waals surface area contributed by atoms with Crippen molar-refractivity contribution in [2.45, 2.75) is 56.9 Å². The summed E-state index contributed by atoms with van der Waals surface area (Å²) in [6.45, 7) is 2.24. The molecule has 1 nitrogen and oxygen atoms in total. The largest absolute Gasteiger partial charge is 0.327 e. The molecule has 5 rings (SSSR count). The molecule has 0 radical (unpaired) electrons. The van der Waals surface area contributed by atoms with E-state index >= 15 is 0 Å². The third kappa shape index (κ3) is 1.79. The van der Waals surface area contributed by atoms with Crippen LogP contribution in [0.5, 0.6) is 0 Å². The molecule has 1 aromatic carbocycles. The van der Waals surface area contributed by atoms with E-state index < -0.39 is 0 Å². The van der Waals surface area contributed by atoms with Gasteiger partial charge < -0.3 is 5.73 Å². The third-order valence-electron chi connectivity index (χ3n) is 6.53. The van der Waals surface area contributed by atoms with Crippen LogP contribution >= 0.6 is 11.6 Å². The lowest BCUT2D eigenvalue weighted by atomic mass is 9.41. The Morgan fingerprint density at radius 2 is 1.70 bits per heavy atom. The number of hydrogen-bond donors (Lipinski definition) is 1. The first-order valence-electron chi connectivity index (χ1n) is 8.03. The van der Waals surface area contributed by atoms with Crippen LogP contribution in [0.15, 0.2) is 24.3 Å². The molecule has 0 aromatic heterocycles. The molecule has 108 valence electrons. The molecular weight excluding hydrogens is 266 g/mol. The molecule has 0 saturated heterocycles. The SMILES string of the molecule is C[C@@H](N)C12C[C@H]3C[C@@H](CC(c4ccc(Cl)cc4)(C3)C1)C2. The van der Waals surface area contributed by atoms with Crippen LogP contribution in [0.1, 0.15) is 51.0 Å². The third-order valence-corrected chi connectivity index (χ3v) is 6.78. The summed E-state index contributed by atoms with van der Waals surface area (Å²) in [7, 11) is 0. The van der Waals surface area contributed by atoms with Gasteiger partial charge in [-0.1, -0.05) is 23.7 Å². The minimum Gasteiger partial charge on any atom is -0.327 e. The Bertz CT molecular complexity index is 505. The zero-order chi connectivity index (χ0) is 14.0. The van der Waals surface area contributed by atoms with Gasteiger partial charge in [-0.25, -0.2) is 0 Å². The second kappa shape index (κ2) is 4.24. The normalized spacial score (nSPS) is 43.8. The van der Waals surface area contributed by atoms with E-state index in [0.29, 0.717) is 16.9 Å².